The first-order valence-electron chi connectivity index (χ1n) is 9.75. The van der Waals surface area contributed by atoms with Crippen molar-refractivity contribution in [2.45, 2.75) is 51.9 Å². The maximum absolute atomic E-state index is 5.16. The zero-order valence-corrected chi connectivity index (χ0v) is 15.8. The third kappa shape index (κ3) is 3.20. The number of piperidine rings is 1. The first-order chi connectivity index (χ1) is 12.1. The van der Waals surface area contributed by atoms with E-state index < -0.39 is 0 Å². The van der Waals surface area contributed by atoms with Crippen LogP contribution < -0.4 is 5.32 Å². The van der Waals surface area contributed by atoms with Crippen molar-refractivity contribution in [2.75, 3.05) is 32.0 Å². The van der Waals surface area contributed by atoms with Crippen molar-refractivity contribution in [1.82, 2.24) is 14.7 Å². The normalized spacial score (nSPS) is 19.3. The number of aryl methyl sites for hydroxylation is 2. The van der Waals surface area contributed by atoms with Gasteiger partial charge in [-0.2, -0.15) is 5.10 Å². The predicted octanol–water partition coefficient (Wildman–Crippen LogP) is 4.05. The number of nitrogens with zero attached hydrogens (tertiary/aromatic N) is 3. The largest absolute Gasteiger partial charge is 0.370 e. The van der Waals surface area contributed by atoms with Crippen molar-refractivity contribution < 1.29 is 0 Å². The molecule has 2 aromatic rings. The van der Waals surface area contributed by atoms with E-state index in [1.807, 2.05) is 0 Å². The van der Waals surface area contributed by atoms with Crippen LogP contribution in [-0.2, 0) is 6.42 Å². The van der Waals surface area contributed by atoms with E-state index in [2.05, 4.69) is 54.0 Å². The Hall–Kier alpha value is -1.81. The Morgan fingerprint density at radius 3 is 2.64 bits per heavy atom. The van der Waals surface area contributed by atoms with Crippen LogP contribution in [0.3, 0.4) is 0 Å². The van der Waals surface area contributed by atoms with Gasteiger partial charge in [-0.3, -0.25) is 0 Å². The number of hydrogen-bond acceptors (Lipinski definition) is 3. The highest BCUT2D eigenvalue weighted by Crippen LogP contribution is 2.36. The van der Waals surface area contributed by atoms with Crippen LogP contribution in [0.25, 0.3) is 5.69 Å². The Kier molecular flexibility index (Phi) is 4.55. The van der Waals surface area contributed by atoms with Crippen LogP contribution in [0.4, 0.5) is 5.82 Å². The van der Waals surface area contributed by atoms with E-state index in [1.54, 1.807) is 0 Å². The molecule has 0 unspecified atom stereocenters. The lowest BCUT2D eigenvalue weighted by Crippen LogP contribution is -2.29. The number of likely N-dealkylation sites (tertiary alicyclic amines) is 1. The van der Waals surface area contributed by atoms with Gasteiger partial charge >= 0.3 is 0 Å². The zero-order chi connectivity index (χ0) is 17.4. The number of anilines is 1. The molecule has 4 heteroatoms. The molecule has 2 aliphatic heterocycles. The molecule has 3 heterocycles. The van der Waals surface area contributed by atoms with E-state index in [4.69, 9.17) is 5.10 Å². The molecular weight excluding hydrogens is 308 g/mol. The number of benzene rings is 1. The number of hydrogen-bond donors (Lipinski definition) is 1. The molecule has 1 aromatic carbocycles. The Morgan fingerprint density at radius 1 is 1.08 bits per heavy atom. The predicted molar refractivity (Wildman–Crippen MR) is 104 cm³/mol. The zero-order valence-electron chi connectivity index (χ0n) is 15.8. The molecule has 0 aliphatic carbocycles. The number of nitrogens with one attached hydrogen (secondary N) is 1. The molecule has 1 saturated heterocycles. The molecule has 0 spiro atoms. The second kappa shape index (κ2) is 6.83. The Bertz CT molecular complexity index is 753. The topological polar surface area (TPSA) is 33.1 Å². The smallest absolute Gasteiger partial charge is 0.133 e. The maximum atomic E-state index is 5.16. The van der Waals surface area contributed by atoms with Crippen molar-refractivity contribution in [3.63, 3.8) is 0 Å². The molecule has 0 radical (unpaired) electrons. The number of aromatic nitrogens is 2. The Morgan fingerprint density at radius 2 is 1.88 bits per heavy atom. The summed E-state index contributed by atoms with van der Waals surface area (Å²) in [5.74, 6) is 1.85. The minimum Gasteiger partial charge on any atom is -0.370 e. The number of fused-ring (bicyclic) bond motifs is 1. The standard InChI is InChI=1S/C21H30N4/c1-15-7-8-18(14-16(15)2)25-21-19(6-4-5-11-22-21)20(23-25)17-9-12-24(3)13-10-17/h7-8,14,17,22H,4-6,9-13H2,1-3H3. The van der Waals surface area contributed by atoms with Crippen LogP contribution in [0.15, 0.2) is 18.2 Å². The molecule has 1 fully saturated rings. The molecule has 134 valence electrons. The van der Waals surface area contributed by atoms with Crippen LogP contribution in [0.1, 0.15) is 54.0 Å². The molecule has 1 N–H and O–H groups in total. The van der Waals surface area contributed by atoms with Crippen molar-refractivity contribution in [3.8, 4) is 5.69 Å². The summed E-state index contributed by atoms with van der Waals surface area (Å²) in [6.45, 7) is 7.78. The van der Waals surface area contributed by atoms with E-state index >= 15 is 0 Å². The third-order valence-electron chi connectivity index (χ3n) is 6.00. The van der Waals surface area contributed by atoms with Gasteiger partial charge in [0, 0.05) is 18.0 Å². The van der Waals surface area contributed by atoms with Crippen LogP contribution in [0, 0.1) is 13.8 Å². The van der Waals surface area contributed by atoms with E-state index in [0.29, 0.717) is 5.92 Å². The molecule has 0 saturated carbocycles. The molecule has 0 atom stereocenters. The molecule has 25 heavy (non-hydrogen) atoms. The van der Waals surface area contributed by atoms with Gasteiger partial charge in [0.1, 0.15) is 5.82 Å². The molecule has 0 bridgehead atoms. The van der Waals surface area contributed by atoms with Crippen LogP contribution in [0.2, 0.25) is 0 Å². The summed E-state index contributed by atoms with van der Waals surface area (Å²) in [6, 6.07) is 6.69. The summed E-state index contributed by atoms with van der Waals surface area (Å²) in [4.78, 5) is 2.44. The van der Waals surface area contributed by atoms with Crippen molar-refractivity contribution in [2.24, 2.45) is 0 Å². The average molecular weight is 338 g/mol. The molecule has 1 aromatic heterocycles. The fraction of sp³-hybridized carbons (Fsp3) is 0.571. The monoisotopic (exact) mass is 338 g/mol. The van der Waals surface area contributed by atoms with Crippen molar-refractivity contribution in [1.29, 1.82) is 0 Å². The van der Waals surface area contributed by atoms with E-state index in [0.717, 1.165) is 13.0 Å². The summed E-state index contributed by atoms with van der Waals surface area (Å²) >= 11 is 0. The SMILES string of the molecule is Cc1ccc(-n2nc(C3CCN(C)CC3)c3c2NCCCC3)cc1C. The summed E-state index contributed by atoms with van der Waals surface area (Å²) < 4.78 is 2.18. The Balaban J connectivity index is 1.77. The van der Waals surface area contributed by atoms with Gasteiger partial charge in [-0.1, -0.05) is 6.07 Å². The van der Waals surface area contributed by atoms with Gasteiger partial charge in [-0.05, 0) is 89.3 Å². The molecule has 4 nitrogen and oxygen atoms in total. The van der Waals surface area contributed by atoms with Gasteiger partial charge in [0.15, 0.2) is 0 Å². The third-order valence-corrected chi connectivity index (χ3v) is 6.00. The summed E-state index contributed by atoms with van der Waals surface area (Å²) in [7, 11) is 2.23. The molecular formula is C21H30N4. The number of rotatable bonds is 2. The van der Waals surface area contributed by atoms with Crippen LogP contribution in [0.5, 0.6) is 0 Å². The molecule has 0 amide bonds. The second-order valence-electron chi connectivity index (χ2n) is 7.85. The highest BCUT2D eigenvalue weighted by molar-refractivity contribution is 5.56. The fourth-order valence-corrected chi connectivity index (χ4v) is 4.18. The maximum Gasteiger partial charge on any atom is 0.133 e. The van der Waals surface area contributed by atoms with E-state index in [-0.39, 0.29) is 0 Å². The summed E-state index contributed by atoms with van der Waals surface area (Å²) in [5.41, 5.74) is 6.69. The lowest BCUT2D eigenvalue weighted by atomic mass is 9.90. The van der Waals surface area contributed by atoms with Crippen molar-refractivity contribution in [3.05, 3.63) is 40.6 Å². The first kappa shape index (κ1) is 16.6. The lowest BCUT2D eigenvalue weighted by molar-refractivity contribution is 0.252. The van der Waals surface area contributed by atoms with E-state index in [1.165, 1.54) is 72.7 Å². The van der Waals surface area contributed by atoms with Gasteiger partial charge in [-0.15, -0.1) is 0 Å². The first-order valence-corrected chi connectivity index (χ1v) is 9.75. The average Bonchev–Trinajstić information content (AvgIpc) is 2.80. The van der Waals surface area contributed by atoms with Crippen LogP contribution in [-0.4, -0.2) is 41.4 Å². The quantitative estimate of drug-likeness (QED) is 0.897. The van der Waals surface area contributed by atoms with Gasteiger partial charge < -0.3 is 10.2 Å². The highest BCUT2D eigenvalue weighted by Gasteiger charge is 2.28. The van der Waals surface area contributed by atoms with Gasteiger partial charge in [0.25, 0.3) is 0 Å². The van der Waals surface area contributed by atoms with Gasteiger partial charge in [0.05, 0.1) is 11.4 Å². The minimum absolute atomic E-state index is 0.609. The van der Waals surface area contributed by atoms with Crippen molar-refractivity contribution >= 4 is 5.82 Å². The van der Waals surface area contributed by atoms with Gasteiger partial charge in [-0.25, -0.2) is 4.68 Å². The lowest BCUT2D eigenvalue weighted by Gasteiger charge is -2.28. The van der Waals surface area contributed by atoms with Crippen LogP contribution >= 0.6 is 0 Å². The Labute approximate surface area is 151 Å². The van der Waals surface area contributed by atoms with E-state index in [9.17, 15) is 0 Å². The molecule has 4 rings (SSSR count). The summed E-state index contributed by atoms with van der Waals surface area (Å²) in [6.07, 6.45) is 6.13. The second-order valence-corrected chi connectivity index (χ2v) is 7.85. The molecule has 2 aliphatic rings. The minimum atomic E-state index is 0.609. The fourth-order valence-electron chi connectivity index (χ4n) is 4.18. The summed E-state index contributed by atoms with van der Waals surface area (Å²) in [5, 5.41) is 8.84. The van der Waals surface area contributed by atoms with Gasteiger partial charge in [0.2, 0.25) is 0 Å². The highest BCUT2D eigenvalue weighted by atomic mass is 15.3.